The Morgan fingerprint density at radius 2 is 1.94 bits per heavy atom. The second-order valence-corrected chi connectivity index (χ2v) is 8.83. The number of aryl methyl sites for hydroxylation is 2. The molecule has 0 unspecified atom stereocenters. The number of amides is 1. The number of hydrogen-bond donors (Lipinski definition) is 1. The van der Waals surface area contributed by atoms with Crippen molar-refractivity contribution >= 4 is 34.1 Å². The number of ether oxygens (including phenoxy) is 1. The van der Waals surface area contributed by atoms with Crippen molar-refractivity contribution in [2.24, 2.45) is 0 Å². The van der Waals surface area contributed by atoms with Crippen LogP contribution in [0.1, 0.15) is 17.0 Å². The first-order valence-corrected chi connectivity index (χ1v) is 11.2. The number of rotatable bonds is 8. The van der Waals surface area contributed by atoms with Crippen molar-refractivity contribution in [3.63, 3.8) is 0 Å². The summed E-state index contributed by atoms with van der Waals surface area (Å²) in [5.41, 5.74) is 3.00. The average Bonchev–Trinajstić information content (AvgIpc) is 3.42. The molecule has 0 aliphatic heterocycles. The van der Waals surface area contributed by atoms with Crippen LogP contribution in [0.2, 0.25) is 0 Å². The van der Waals surface area contributed by atoms with Crippen molar-refractivity contribution < 1.29 is 13.9 Å². The monoisotopic (exact) mass is 453 g/mol. The van der Waals surface area contributed by atoms with Gasteiger partial charge in [0.25, 0.3) is 5.91 Å². The molecular weight excluding hydrogens is 434 g/mol. The van der Waals surface area contributed by atoms with Crippen LogP contribution < -0.4 is 10.1 Å². The average molecular weight is 454 g/mol. The molecule has 158 valence electrons. The first-order chi connectivity index (χ1) is 15.1. The summed E-state index contributed by atoms with van der Waals surface area (Å²) < 4.78 is 12.0. The van der Waals surface area contributed by atoms with E-state index >= 15 is 0 Å². The number of nitrogens with zero attached hydrogens (tertiary/aromatic N) is 4. The molecule has 2 heterocycles. The fraction of sp³-hybridized carbons (Fsp3) is 0.190. The van der Waals surface area contributed by atoms with Crippen LogP contribution in [0.5, 0.6) is 5.75 Å². The number of hydrogen-bond acceptors (Lipinski definition) is 9. The second kappa shape index (κ2) is 9.71. The van der Waals surface area contributed by atoms with Gasteiger partial charge in [-0.1, -0.05) is 59.0 Å². The molecule has 2 aromatic heterocycles. The summed E-state index contributed by atoms with van der Waals surface area (Å²) >= 11 is 2.68. The lowest BCUT2D eigenvalue weighted by Crippen LogP contribution is -2.20. The van der Waals surface area contributed by atoms with E-state index in [1.54, 1.807) is 0 Å². The van der Waals surface area contributed by atoms with Gasteiger partial charge in [0.1, 0.15) is 5.75 Å². The van der Waals surface area contributed by atoms with Crippen LogP contribution >= 0.6 is 23.1 Å². The van der Waals surface area contributed by atoms with Crippen LogP contribution in [0.4, 0.5) is 5.13 Å². The van der Waals surface area contributed by atoms with Crippen molar-refractivity contribution in [2.75, 3.05) is 11.9 Å². The van der Waals surface area contributed by atoms with Gasteiger partial charge in [-0.15, -0.1) is 20.4 Å². The minimum atomic E-state index is -0.294. The van der Waals surface area contributed by atoms with Gasteiger partial charge in [0.15, 0.2) is 10.9 Å². The Hall–Kier alpha value is -3.24. The first-order valence-electron chi connectivity index (χ1n) is 9.41. The third-order valence-corrected chi connectivity index (χ3v) is 6.11. The zero-order chi connectivity index (χ0) is 21.6. The van der Waals surface area contributed by atoms with Gasteiger partial charge >= 0.3 is 0 Å². The number of aromatic nitrogens is 4. The van der Waals surface area contributed by atoms with E-state index in [0.29, 0.717) is 32.8 Å². The van der Waals surface area contributed by atoms with Crippen molar-refractivity contribution in [3.8, 4) is 17.2 Å². The molecule has 4 rings (SSSR count). The van der Waals surface area contributed by atoms with Crippen LogP contribution in [0.25, 0.3) is 11.5 Å². The van der Waals surface area contributed by atoms with Crippen molar-refractivity contribution in [1.29, 1.82) is 0 Å². The maximum Gasteiger partial charge on any atom is 0.264 e. The minimum absolute atomic E-state index is 0.101. The van der Waals surface area contributed by atoms with Crippen LogP contribution in [-0.2, 0) is 10.5 Å². The summed E-state index contributed by atoms with van der Waals surface area (Å²) in [6.45, 7) is 3.85. The lowest BCUT2D eigenvalue weighted by Gasteiger charge is -2.08. The maximum absolute atomic E-state index is 12.2. The Kier molecular flexibility index (Phi) is 6.58. The SMILES string of the molecule is Cc1ccc(OCC(=O)Nc2nnc(SCc3nnc(-c4ccccc4)o3)s2)c(C)c1. The van der Waals surface area contributed by atoms with E-state index in [1.807, 2.05) is 62.4 Å². The summed E-state index contributed by atoms with van der Waals surface area (Å²) in [5.74, 6) is 1.82. The third kappa shape index (κ3) is 5.68. The van der Waals surface area contributed by atoms with E-state index in [-0.39, 0.29) is 12.5 Å². The van der Waals surface area contributed by atoms with Gasteiger partial charge < -0.3 is 9.15 Å². The van der Waals surface area contributed by atoms with Crippen molar-refractivity contribution in [3.05, 3.63) is 65.5 Å². The van der Waals surface area contributed by atoms with Gasteiger partial charge in [0, 0.05) is 5.56 Å². The molecule has 0 bridgehead atoms. The quantitative estimate of drug-likeness (QED) is 0.307. The molecule has 0 aliphatic rings. The Balaban J connectivity index is 1.26. The molecule has 4 aromatic rings. The number of nitrogens with one attached hydrogen (secondary N) is 1. The number of anilines is 1. The zero-order valence-electron chi connectivity index (χ0n) is 16.9. The molecule has 8 nitrogen and oxygen atoms in total. The van der Waals surface area contributed by atoms with E-state index < -0.39 is 0 Å². The first kappa shape index (κ1) is 21.0. The van der Waals surface area contributed by atoms with Crippen LogP contribution in [0.3, 0.4) is 0 Å². The van der Waals surface area contributed by atoms with Gasteiger partial charge in [-0.25, -0.2) is 0 Å². The van der Waals surface area contributed by atoms with Gasteiger partial charge in [-0.05, 0) is 37.6 Å². The maximum atomic E-state index is 12.2. The molecule has 2 aromatic carbocycles. The highest BCUT2D eigenvalue weighted by Gasteiger charge is 2.13. The molecule has 0 saturated heterocycles. The second-order valence-electron chi connectivity index (χ2n) is 6.63. The van der Waals surface area contributed by atoms with E-state index in [1.165, 1.54) is 23.1 Å². The largest absolute Gasteiger partial charge is 0.483 e. The normalized spacial score (nSPS) is 10.8. The van der Waals surface area contributed by atoms with Crippen LogP contribution in [-0.4, -0.2) is 32.9 Å². The fourth-order valence-corrected chi connectivity index (χ4v) is 4.32. The number of carbonyl (C=O) groups is 1. The number of benzene rings is 2. The van der Waals surface area contributed by atoms with Crippen molar-refractivity contribution in [2.45, 2.75) is 23.9 Å². The van der Waals surface area contributed by atoms with Crippen LogP contribution in [0, 0.1) is 13.8 Å². The topological polar surface area (TPSA) is 103 Å². The summed E-state index contributed by atoms with van der Waals surface area (Å²) in [6, 6.07) is 15.4. The molecule has 0 fully saturated rings. The van der Waals surface area contributed by atoms with E-state index in [9.17, 15) is 4.79 Å². The molecule has 0 atom stereocenters. The molecule has 0 radical (unpaired) electrons. The summed E-state index contributed by atoms with van der Waals surface area (Å²) in [5, 5.41) is 19.3. The van der Waals surface area contributed by atoms with Crippen LogP contribution in [0.15, 0.2) is 57.3 Å². The standard InChI is InChI=1S/C21H19N5O3S2/c1-13-8-9-16(14(2)10-13)28-11-17(27)22-20-25-26-21(31-20)30-12-18-23-24-19(29-18)15-6-4-3-5-7-15/h3-10H,11-12H2,1-2H3,(H,22,25,27). The molecule has 10 heteroatoms. The minimum Gasteiger partial charge on any atom is -0.483 e. The van der Waals surface area contributed by atoms with Gasteiger partial charge in [-0.2, -0.15) is 0 Å². The molecule has 1 amide bonds. The molecular formula is C21H19N5O3S2. The van der Waals surface area contributed by atoms with E-state index in [2.05, 4.69) is 25.7 Å². The van der Waals surface area contributed by atoms with Gasteiger partial charge in [0.2, 0.25) is 16.9 Å². The molecule has 0 saturated carbocycles. The molecule has 0 aliphatic carbocycles. The highest BCUT2D eigenvalue weighted by atomic mass is 32.2. The summed E-state index contributed by atoms with van der Waals surface area (Å²) in [7, 11) is 0. The molecule has 0 spiro atoms. The summed E-state index contributed by atoms with van der Waals surface area (Å²) in [6.07, 6.45) is 0. The Labute approximate surface area is 187 Å². The predicted molar refractivity (Wildman–Crippen MR) is 119 cm³/mol. The lowest BCUT2D eigenvalue weighted by atomic mass is 10.1. The Morgan fingerprint density at radius 3 is 2.74 bits per heavy atom. The highest BCUT2D eigenvalue weighted by Crippen LogP contribution is 2.29. The lowest BCUT2D eigenvalue weighted by molar-refractivity contribution is -0.118. The fourth-order valence-electron chi connectivity index (χ4n) is 2.71. The number of thioether (sulfide) groups is 1. The van der Waals surface area contributed by atoms with Gasteiger partial charge in [0.05, 0.1) is 5.75 Å². The Bertz CT molecular complexity index is 1180. The third-order valence-electron chi connectivity index (χ3n) is 4.15. The predicted octanol–water partition coefficient (Wildman–Crippen LogP) is 4.51. The van der Waals surface area contributed by atoms with E-state index in [0.717, 1.165) is 16.7 Å². The Morgan fingerprint density at radius 1 is 1.10 bits per heavy atom. The van der Waals surface area contributed by atoms with Gasteiger partial charge in [-0.3, -0.25) is 10.1 Å². The number of carbonyl (C=O) groups excluding carboxylic acids is 1. The van der Waals surface area contributed by atoms with E-state index in [4.69, 9.17) is 9.15 Å². The highest BCUT2D eigenvalue weighted by molar-refractivity contribution is 8.00. The molecule has 1 N–H and O–H groups in total. The van der Waals surface area contributed by atoms with Crippen molar-refractivity contribution in [1.82, 2.24) is 20.4 Å². The smallest absolute Gasteiger partial charge is 0.264 e. The summed E-state index contributed by atoms with van der Waals surface area (Å²) in [4.78, 5) is 12.2. The zero-order valence-corrected chi connectivity index (χ0v) is 18.5. The molecule has 31 heavy (non-hydrogen) atoms.